The Kier molecular flexibility index (Phi) is 6.40. The van der Waals surface area contributed by atoms with Crippen LogP contribution in [0.4, 0.5) is 5.00 Å². The smallest absolute Gasteiger partial charge is 0.324 e. The molecule has 19 heavy (non-hydrogen) atoms. The van der Waals surface area contributed by atoms with Gasteiger partial charge >= 0.3 is 5.00 Å². The first-order valence-corrected chi connectivity index (χ1v) is 6.65. The number of nitrogens with one attached hydrogen (secondary N) is 1. The van der Waals surface area contributed by atoms with Crippen LogP contribution < -0.4 is 5.32 Å². The first kappa shape index (κ1) is 15.5. The molecule has 7 nitrogen and oxygen atoms in total. The van der Waals surface area contributed by atoms with Crippen molar-refractivity contribution in [1.29, 1.82) is 0 Å². The molecule has 1 aromatic heterocycles. The van der Waals surface area contributed by atoms with Gasteiger partial charge in [0.1, 0.15) is 0 Å². The lowest BCUT2D eigenvalue weighted by Gasteiger charge is -2.16. The Bertz CT molecular complexity index is 428. The monoisotopic (exact) mass is 288 g/mol. The van der Waals surface area contributed by atoms with Crippen molar-refractivity contribution in [2.45, 2.75) is 20.1 Å². The summed E-state index contributed by atoms with van der Waals surface area (Å²) in [5, 5.41) is 13.1. The van der Waals surface area contributed by atoms with Crippen LogP contribution in [0.5, 0.6) is 0 Å². The van der Waals surface area contributed by atoms with E-state index in [1.54, 1.807) is 0 Å². The lowest BCUT2D eigenvalue weighted by Crippen LogP contribution is -2.35. The average molecular weight is 288 g/mol. The molecule has 0 unspecified atom stereocenters. The van der Waals surface area contributed by atoms with Crippen LogP contribution in [0.3, 0.4) is 0 Å². The molecule has 1 rings (SSSR count). The van der Waals surface area contributed by atoms with E-state index < -0.39 is 11.2 Å². The number of thiophene rings is 1. The van der Waals surface area contributed by atoms with Gasteiger partial charge in [-0.25, -0.2) is 0 Å². The Morgan fingerprint density at radius 1 is 1.42 bits per heavy atom. The average Bonchev–Trinajstić information content (AvgIpc) is 2.86. The van der Waals surface area contributed by atoms with Crippen LogP contribution in [0.2, 0.25) is 0 Å². The third-order valence-corrected chi connectivity index (χ3v) is 3.17. The van der Waals surface area contributed by atoms with E-state index >= 15 is 0 Å². The highest BCUT2D eigenvalue weighted by molar-refractivity contribution is 7.17. The van der Waals surface area contributed by atoms with E-state index in [-0.39, 0.29) is 17.5 Å². The lowest BCUT2D eigenvalue weighted by molar-refractivity contribution is -0.380. The maximum Gasteiger partial charge on any atom is 0.324 e. The highest BCUT2D eigenvalue weighted by Gasteiger charge is 2.16. The number of rotatable bonds is 8. The first-order valence-electron chi connectivity index (χ1n) is 5.84. The molecule has 0 radical (unpaired) electrons. The third-order valence-electron chi connectivity index (χ3n) is 2.13. The predicted octanol–water partition coefficient (Wildman–Crippen LogP) is 1.79. The summed E-state index contributed by atoms with van der Waals surface area (Å²) in [6, 6.07) is 2.73. The zero-order valence-electron chi connectivity index (χ0n) is 10.8. The SMILES string of the molecule is CCOC(CNC(=O)c1ccc([N+](=O)[O-])s1)OCC. The van der Waals surface area contributed by atoms with E-state index in [9.17, 15) is 14.9 Å². The summed E-state index contributed by atoms with van der Waals surface area (Å²) in [5.41, 5.74) is 0. The minimum absolute atomic E-state index is 0.0590. The molecule has 106 valence electrons. The second-order valence-corrected chi connectivity index (χ2v) is 4.51. The number of hydrogen-bond donors (Lipinski definition) is 1. The molecule has 1 N–H and O–H groups in total. The summed E-state index contributed by atoms with van der Waals surface area (Å²) in [6.45, 7) is 4.81. The number of carbonyl (C=O) groups excluding carboxylic acids is 1. The summed E-state index contributed by atoms with van der Waals surface area (Å²) in [6.07, 6.45) is -0.506. The van der Waals surface area contributed by atoms with E-state index in [0.29, 0.717) is 18.1 Å². The van der Waals surface area contributed by atoms with Gasteiger partial charge in [-0.3, -0.25) is 14.9 Å². The maximum absolute atomic E-state index is 11.8. The van der Waals surface area contributed by atoms with E-state index in [1.165, 1.54) is 12.1 Å². The van der Waals surface area contributed by atoms with Gasteiger partial charge in [-0.05, 0) is 19.9 Å². The number of nitrogens with zero attached hydrogens (tertiary/aromatic N) is 1. The second kappa shape index (κ2) is 7.82. The van der Waals surface area contributed by atoms with Crippen LogP contribution in [-0.2, 0) is 9.47 Å². The van der Waals surface area contributed by atoms with E-state index in [0.717, 1.165) is 11.3 Å². The van der Waals surface area contributed by atoms with Crippen molar-refractivity contribution in [2.75, 3.05) is 19.8 Å². The van der Waals surface area contributed by atoms with E-state index in [2.05, 4.69) is 5.32 Å². The molecule has 1 heterocycles. The molecule has 1 amide bonds. The molecule has 1 aromatic rings. The molecule has 0 aliphatic heterocycles. The fourth-order valence-corrected chi connectivity index (χ4v) is 2.09. The Morgan fingerprint density at radius 2 is 2.05 bits per heavy atom. The van der Waals surface area contributed by atoms with Gasteiger partial charge in [0.05, 0.1) is 16.3 Å². The summed E-state index contributed by atoms with van der Waals surface area (Å²) < 4.78 is 10.5. The first-order chi connectivity index (χ1) is 9.08. The second-order valence-electron chi connectivity index (χ2n) is 3.45. The molecule has 0 saturated carbocycles. The van der Waals surface area contributed by atoms with Gasteiger partial charge < -0.3 is 14.8 Å². The molecule has 0 aliphatic carbocycles. The number of amides is 1. The van der Waals surface area contributed by atoms with Crippen molar-refractivity contribution in [3.63, 3.8) is 0 Å². The highest BCUT2D eigenvalue weighted by atomic mass is 32.1. The van der Waals surface area contributed by atoms with Gasteiger partial charge in [-0.2, -0.15) is 0 Å². The number of nitro groups is 1. The normalized spacial score (nSPS) is 10.7. The van der Waals surface area contributed by atoms with Gasteiger partial charge in [0, 0.05) is 19.3 Å². The molecule has 0 spiro atoms. The van der Waals surface area contributed by atoms with Gasteiger partial charge in [0.2, 0.25) is 0 Å². The molecule has 8 heteroatoms. The number of ether oxygens (including phenoxy) is 2. The quantitative estimate of drug-likeness (QED) is 0.447. The molecule has 0 saturated heterocycles. The minimum Gasteiger partial charge on any atom is -0.351 e. The largest absolute Gasteiger partial charge is 0.351 e. The fraction of sp³-hybridized carbons (Fsp3) is 0.545. The summed E-state index contributed by atoms with van der Waals surface area (Å²) in [5.74, 6) is -0.373. The van der Waals surface area contributed by atoms with Crippen LogP contribution in [0.15, 0.2) is 12.1 Å². The number of carbonyl (C=O) groups is 1. The fourth-order valence-electron chi connectivity index (χ4n) is 1.35. The molecule has 0 fully saturated rings. The van der Waals surface area contributed by atoms with Gasteiger partial charge in [-0.15, -0.1) is 0 Å². The molecular weight excluding hydrogens is 272 g/mol. The van der Waals surface area contributed by atoms with Crippen LogP contribution in [0.25, 0.3) is 0 Å². The van der Waals surface area contributed by atoms with Gasteiger partial charge in [0.15, 0.2) is 6.29 Å². The predicted molar refractivity (Wildman–Crippen MR) is 70.3 cm³/mol. The molecule has 0 atom stereocenters. The Morgan fingerprint density at radius 3 is 2.53 bits per heavy atom. The van der Waals surface area contributed by atoms with Crippen LogP contribution in [0.1, 0.15) is 23.5 Å². The van der Waals surface area contributed by atoms with Crippen LogP contribution in [-0.4, -0.2) is 36.9 Å². The van der Waals surface area contributed by atoms with Crippen molar-refractivity contribution >= 4 is 22.2 Å². The van der Waals surface area contributed by atoms with E-state index in [1.807, 2.05) is 13.8 Å². The standard InChI is InChI=1S/C11H16N2O5S/c1-3-17-10(18-4-2)7-12-11(14)8-5-6-9(19-8)13(15)16/h5-6,10H,3-4,7H2,1-2H3,(H,12,14). The zero-order valence-corrected chi connectivity index (χ0v) is 11.6. The summed E-state index contributed by atoms with van der Waals surface area (Å²) in [4.78, 5) is 22.0. The van der Waals surface area contributed by atoms with Crippen molar-refractivity contribution in [3.8, 4) is 0 Å². The zero-order chi connectivity index (χ0) is 14.3. The van der Waals surface area contributed by atoms with Crippen LogP contribution >= 0.6 is 11.3 Å². The van der Waals surface area contributed by atoms with Crippen molar-refractivity contribution in [3.05, 3.63) is 27.1 Å². The maximum atomic E-state index is 11.8. The third kappa shape index (κ3) is 4.93. The van der Waals surface area contributed by atoms with E-state index in [4.69, 9.17) is 9.47 Å². The minimum atomic E-state index is -0.523. The number of hydrogen-bond acceptors (Lipinski definition) is 6. The summed E-state index contributed by atoms with van der Waals surface area (Å²) >= 11 is 0.835. The lowest BCUT2D eigenvalue weighted by atomic mass is 10.4. The summed E-state index contributed by atoms with van der Waals surface area (Å²) in [7, 11) is 0. The van der Waals surface area contributed by atoms with Crippen molar-refractivity contribution in [1.82, 2.24) is 5.32 Å². The van der Waals surface area contributed by atoms with Gasteiger partial charge in [-0.1, -0.05) is 11.3 Å². The van der Waals surface area contributed by atoms with Crippen molar-refractivity contribution < 1.29 is 19.2 Å². The topological polar surface area (TPSA) is 90.7 Å². The van der Waals surface area contributed by atoms with Crippen molar-refractivity contribution in [2.24, 2.45) is 0 Å². The Labute approximate surface area is 114 Å². The Balaban J connectivity index is 2.51. The highest BCUT2D eigenvalue weighted by Crippen LogP contribution is 2.23. The molecular formula is C11H16N2O5S. The molecule has 0 aliphatic rings. The molecule has 0 aromatic carbocycles. The Hall–Kier alpha value is -1.51. The van der Waals surface area contributed by atoms with Crippen LogP contribution in [0, 0.1) is 10.1 Å². The van der Waals surface area contributed by atoms with Gasteiger partial charge in [0.25, 0.3) is 5.91 Å². The molecule has 0 bridgehead atoms.